The van der Waals surface area contributed by atoms with Gasteiger partial charge >= 0.3 is 11.9 Å². The number of carbonyl (C=O) groups is 2. The van der Waals surface area contributed by atoms with Gasteiger partial charge in [-0.2, -0.15) is 0 Å². The highest BCUT2D eigenvalue weighted by Crippen LogP contribution is 2.41. The van der Waals surface area contributed by atoms with Gasteiger partial charge < -0.3 is 14.6 Å². The van der Waals surface area contributed by atoms with Gasteiger partial charge in [-0.25, -0.2) is 9.59 Å². The highest BCUT2D eigenvalue weighted by molar-refractivity contribution is 9.10. The lowest BCUT2D eigenvalue weighted by atomic mass is 9.97. The van der Waals surface area contributed by atoms with E-state index >= 15 is 0 Å². The number of cyclic esters (lactones) is 1. The fourth-order valence-electron chi connectivity index (χ4n) is 1.86. The Labute approximate surface area is 119 Å². The molecule has 18 heavy (non-hydrogen) atoms. The van der Waals surface area contributed by atoms with E-state index in [1.807, 2.05) is 0 Å². The van der Waals surface area contributed by atoms with Gasteiger partial charge in [-0.05, 0) is 21.5 Å². The molecule has 0 saturated heterocycles. The Balaban J connectivity index is 2.83. The van der Waals surface area contributed by atoms with E-state index < -0.39 is 11.9 Å². The lowest BCUT2D eigenvalue weighted by molar-refractivity contribution is 0.0534. The van der Waals surface area contributed by atoms with Crippen molar-refractivity contribution in [3.05, 3.63) is 26.7 Å². The topological polar surface area (TPSA) is 72.8 Å². The Bertz CT molecular complexity index is 553. The molecule has 0 saturated carbocycles. The molecule has 96 valence electrons. The first-order valence-electron chi connectivity index (χ1n) is 4.90. The van der Waals surface area contributed by atoms with Crippen molar-refractivity contribution in [3.8, 4) is 5.75 Å². The molecule has 7 heteroatoms. The standard InChI is InChI=1S/C11H8Br2O5/c1-17-10(15)7-4(2-12)6-5(3-18-11(6)16)8(13)9(7)14/h14H,2-3H2,1H3. The van der Waals surface area contributed by atoms with E-state index in [1.165, 1.54) is 7.11 Å². The molecule has 1 aliphatic heterocycles. The summed E-state index contributed by atoms with van der Waals surface area (Å²) in [7, 11) is 1.21. The zero-order valence-electron chi connectivity index (χ0n) is 9.25. The summed E-state index contributed by atoms with van der Waals surface area (Å²) in [5.74, 6) is -1.45. The van der Waals surface area contributed by atoms with Crippen LogP contribution in [-0.2, 0) is 21.4 Å². The summed E-state index contributed by atoms with van der Waals surface area (Å²) in [5, 5.41) is 10.3. The number of halogens is 2. The van der Waals surface area contributed by atoms with Crippen LogP contribution in [0, 0.1) is 0 Å². The summed E-state index contributed by atoms with van der Waals surface area (Å²) in [6, 6.07) is 0. The first-order chi connectivity index (χ1) is 8.52. The molecule has 0 bridgehead atoms. The molecule has 0 atom stereocenters. The summed E-state index contributed by atoms with van der Waals surface area (Å²) in [4.78, 5) is 23.4. The van der Waals surface area contributed by atoms with Crippen molar-refractivity contribution in [1.29, 1.82) is 0 Å². The second-order valence-corrected chi connectivity index (χ2v) is 4.92. The molecular weight excluding hydrogens is 372 g/mol. The van der Waals surface area contributed by atoms with Crippen molar-refractivity contribution in [3.63, 3.8) is 0 Å². The lowest BCUT2D eigenvalue weighted by Crippen LogP contribution is -2.11. The van der Waals surface area contributed by atoms with Gasteiger partial charge in [-0.1, -0.05) is 15.9 Å². The third-order valence-corrected chi connectivity index (χ3v) is 4.10. The van der Waals surface area contributed by atoms with E-state index in [9.17, 15) is 14.7 Å². The number of aromatic hydroxyl groups is 1. The van der Waals surface area contributed by atoms with Crippen molar-refractivity contribution in [2.45, 2.75) is 11.9 Å². The zero-order chi connectivity index (χ0) is 13.4. The second-order valence-electron chi connectivity index (χ2n) is 3.57. The van der Waals surface area contributed by atoms with E-state index in [1.54, 1.807) is 0 Å². The van der Waals surface area contributed by atoms with Crippen molar-refractivity contribution in [2.75, 3.05) is 7.11 Å². The number of methoxy groups -OCH3 is 1. The number of phenols is 1. The number of hydrogen-bond donors (Lipinski definition) is 1. The van der Waals surface area contributed by atoms with Crippen LogP contribution in [0.4, 0.5) is 0 Å². The Morgan fingerprint density at radius 2 is 2.22 bits per heavy atom. The van der Waals surface area contributed by atoms with Crippen LogP contribution >= 0.6 is 31.9 Å². The molecule has 1 aromatic rings. The molecule has 1 aliphatic rings. The number of carbonyl (C=O) groups excluding carboxylic acids is 2. The molecule has 0 amide bonds. The van der Waals surface area contributed by atoms with Gasteiger partial charge in [0.15, 0.2) is 0 Å². The number of hydrogen-bond acceptors (Lipinski definition) is 5. The maximum absolute atomic E-state index is 11.7. The van der Waals surface area contributed by atoms with Gasteiger partial charge in [0.25, 0.3) is 0 Å². The highest BCUT2D eigenvalue weighted by atomic mass is 79.9. The maximum atomic E-state index is 11.7. The SMILES string of the molecule is COC(=O)c1c(O)c(Br)c2c(c1CBr)C(=O)OC2. The molecule has 0 radical (unpaired) electrons. The molecule has 5 nitrogen and oxygen atoms in total. The maximum Gasteiger partial charge on any atom is 0.342 e. The van der Waals surface area contributed by atoms with E-state index in [0.29, 0.717) is 16.7 Å². The lowest BCUT2D eigenvalue weighted by Gasteiger charge is -2.13. The second kappa shape index (κ2) is 4.89. The number of fused-ring (bicyclic) bond motifs is 1. The number of rotatable bonds is 2. The quantitative estimate of drug-likeness (QED) is 0.631. The molecule has 1 aromatic carbocycles. The molecule has 0 aromatic heterocycles. The molecule has 1 heterocycles. The number of phenolic OH excluding ortho intramolecular Hbond substituents is 1. The summed E-state index contributed by atoms with van der Waals surface area (Å²) in [5.41, 5.74) is 1.19. The number of benzene rings is 1. The third kappa shape index (κ3) is 1.81. The Morgan fingerprint density at radius 3 is 2.78 bits per heavy atom. The molecule has 0 spiro atoms. The predicted octanol–water partition coefficient (Wildman–Crippen LogP) is 2.51. The van der Waals surface area contributed by atoms with Crippen molar-refractivity contribution in [2.24, 2.45) is 0 Å². The van der Waals surface area contributed by atoms with Gasteiger partial charge in [0.05, 0.1) is 17.1 Å². The number of ether oxygens (including phenoxy) is 2. The van der Waals surface area contributed by atoms with Crippen LogP contribution in [0.5, 0.6) is 5.75 Å². The van der Waals surface area contributed by atoms with Crippen molar-refractivity contribution >= 4 is 43.8 Å². The predicted molar refractivity (Wildman–Crippen MR) is 68.9 cm³/mol. The Hall–Kier alpha value is -1.08. The van der Waals surface area contributed by atoms with Crippen LogP contribution in [0.1, 0.15) is 31.8 Å². The van der Waals surface area contributed by atoms with E-state index in [2.05, 4.69) is 36.6 Å². The molecule has 0 aliphatic carbocycles. The molecule has 0 fully saturated rings. The highest BCUT2D eigenvalue weighted by Gasteiger charge is 2.34. The first-order valence-corrected chi connectivity index (χ1v) is 6.81. The van der Waals surface area contributed by atoms with Gasteiger partial charge in [-0.3, -0.25) is 0 Å². The third-order valence-electron chi connectivity index (χ3n) is 2.69. The average Bonchev–Trinajstić information content (AvgIpc) is 2.75. The molecule has 1 N–H and O–H groups in total. The Kier molecular flexibility index (Phi) is 3.63. The summed E-state index contributed by atoms with van der Waals surface area (Å²) in [6.07, 6.45) is 0. The molecule has 2 rings (SSSR count). The van der Waals surface area contributed by atoms with Crippen molar-refractivity contribution in [1.82, 2.24) is 0 Å². The van der Waals surface area contributed by atoms with Crippen LogP contribution < -0.4 is 0 Å². The van der Waals surface area contributed by atoms with Crippen LogP contribution in [-0.4, -0.2) is 24.2 Å². The van der Waals surface area contributed by atoms with Crippen LogP contribution in [0.3, 0.4) is 0 Å². The smallest absolute Gasteiger partial charge is 0.342 e. The number of alkyl halides is 1. The van der Waals surface area contributed by atoms with E-state index in [-0.39, 0.29) is 27.7 Å². The van der Waals surface area contributed by atoms with Gasteiger partial charge in [0.1, 0.15) is 17.9 Å². The normalized spacial score (nSPS) is 13.2. The van der Waals surface area contributed by atoms with Gasteiger partial charge in [-0.15, -0.1) is 0 Å². The summed E-state index contributed by atoms with van der Waals surface area (Å²) < 4.78 is 9.82. The average molecular weight is 380 g/mol. The number of esters is 2. The molecule has 0 unspecified atom stereocenters. The Morgan fingerprint density at radius 1 is 1.56 bits per heavy atom. The minimum atomic E-state index is -0.704. The monoisotopic (exact) mass is 378 g/mol. The van der Waals surface area contributed by atoms with E-state index in [0.717, 1.165) is 0 Å². The minimum Gasteiger partial charge on any atom is -0.506 e. The fourth-order valence-corrected chi connectivity index (χ4v) is 2.93. The van der Waals surface area contributed by atoms with Crippen LogP contribution in [0.15, 0.2) is 4.47 Å². The minimum absolute atomic E-state index is 0.0288. The largest absolute Gasteiger partial charge is 0.506 e. The van der Waals surface area contributed by atoms with E-state index in [4.69, 9.17) is 4.74 Å². The van der Waals surface area contributed by atoms with Crippen molar-refractivity contribution < 1.29 is 24.2 Å². The van der Waals surface area contributed by atoms with Gasteiger partial charge in [0.2, 0.25) is 0 Å². The summed E-state index contributed by atoms with van der Waals surface area (Å²) in [6.45, 7) is 0.0732. The first kappa shape index (κ1) is 13.4. The molecular formula is C11H8Br2O5. The zero-order valence-corrected chi connectivity index (χ0v) is 12.4. The fraction of sp³-hybridized carbons (Fsp3) is 0.273. The van der Waals surface area contributed by atoms with Gasteiger partial charge in [0, 0.05) is 10.9 Å². The van der Waals surface area contributed by atoms with Crippen LogP contribution in [0.2, 0.25) is 0 Å². The summed E-state index contributed by atoms with van der Waals surface area (Å²) >= 11 is 6.37. The van der Waals surface area contributed by atoms with Crippen LogP contribution in [0.25, 0.3) is 0 Å².